The molecule has 0 aliphatic carbocycles. The number of amides is 16. The van der Waals surface area contributed by atoms with E-state index in [1.165, 1.54) is 36.1 Å². The number of nitrogens with zero attached hydrogens (tertiary/aromatic N) is 3. The molecule has 4 fully saturated rings. The highest BCUT2D eigenvalue weighted by atomic mass is 16.4. The van der Waals surface area contributed by atoms with Crippen molar-refractivity contribution >= 4 is 100 Å². The number of aliphatic carboxylic acids is 1. The molecule has 0 unspecified atom stereocenters. The number of hydrogen-bond acceptors (Lipinski definition) is 22. The number of carboxylic acid groups (broad SMARTS) is 1. The molecule has 5 rings (SSSR count). The number of nitrogens with two attached hydrogens (primary N) is 2. The van der Waals surface area contributed by atoms with Gasteiger partial charge in [-0.15, -0.1) is 0 Å². The average molecular weight is 1680 g/mol. The number of carbonyl (C=O) groups is 17. The first-order valence-electron chi connectivity index (χ1n) is 41.2. The fraction of sp³-hybridized carbons (Fsp3) is 0.709. The van der Waals surface area contributed by atoms with Crippen molar-refractivity contribution in [3.8, 4) is 5.75 Å². The lowest BCUT2D eigenvalue weighted by molar-refractivity contribution is -0.657. The van der Waals surface area contributed by atoms with Gasteiger partial charge in [-0.25, -0.2) is 4.79 Å². The van der Waals surface area contributed by atoms with E-state index in [9.17, 15) is 112 Å². The minimum atomic E-state index is -1.84. The number of aromatic hydroxyl groups is 1. The van der Waals surface area contributed by atoms with E-state index in [4.69, 9.17) is 5.73 Å². The van der Waals surface area contributed by atoms with Crippen LogP contribution in [-0.4, -0.2) is 295 Å². The third-order valence-electron chi connectivity index (χ3n) is 21.3. The SMILES string of the molecule is CC[C@H](C)[C@H](NC(=O)[C@H](CC(N)=O)NC(=O)[C@@H]1CCCN1C(=O)[C@H](CC(C)C)NC(=O)[C@H](CO)NC(=O)[C@@H]1CCCN1C(=O)[C@H](CO)NC(=O)[C@@H](NC(=O)[C@H](Cc1ccc(O)cc1)NC(=O)[C@H](CC(C)C)NC(=O)[C@@H]1CCC[NH2+]1)[C@@H](C)O)C(=O)N[C@H](C(=O)N[C@@H](CC(C)C)C(=O)NCC(=O)N[C@@H](CC(C)C)C(=O)N1CCC[C@H]1C(=O)O)[C@@H](C)O. The summed E-state index contributed by atoms with van der Waals surface area (Å²) < 4.78 is 0. The fourth-order valence-corrected chi connectivity index (χ4v) is 14.8. The first kappa shape index (κ1) is 99.4. The van der Waals surface area contributed by atoms with E-state index in [1.807, 2.05) is 19.2 Å². The molecule has 1 aromatic rings. The molecule has 4 saturated heterocycles. The van der Waals surface area contributed by atoms with Gasteiger partial charge in [0.2, 0.25) is 88.6 Å². The Labute approximate surface area is 692 Å². The number of likely N-dealkylation sites (tertiary alicyclic amines) is 3. The van der Waals surface area contributed by atoms with Crippen molar-refractivity contribution in [3.05, 3.63) is 29.8 Å². The minimum Gasteiger partial charge on any atom is -0.508 e. The zero-order valence-corrected chi connectivity index (χ0v) is 70.2. The second-order valence-corrected chi connectivity index (χ2v) is 33.2. The molecule has 0 spiro atoms. The molecule has 16 amide bonds. The van der Waals surface area contributed by atoms with E-state index in [0.29, 0.717) is 18.4 Å². The van der Waals surface area contributed by atoms with Crippen molar-refractivity contribution in [1.29, 1.82) is 0 Å². The lowest BCUT2D eigenvalue weighted by atomic mass is 9.96. The van der Waals surface area contributed by atoms with Gasteiger partial charge in [0.15, 0.2) is 6.04 Å². The van der Waals surface area contributed by atoms with E-state index in [2.05, 4.69) is 63.8 Å². The molecule has 119 heavy (non-hydrogen) atoms. The molecule has 0 saturated carbocycles. The van der Waals surface area contributed by atoms with Crippen molar-refractivity contribution in [3.63, 3.8) is 0 Å². The van der Waals surface area contributed by atoms with E-state index in [1.54, 1.807) is 55.4 Å². The number of quaternary nitrogens is 1. The Balaban J connectivity index is 1.23. The first-order chi connectivity index (χ1) is 56.0. The maximum absolute atomic E-state index is 14.7. The number of aliphatic hydroxyl groups excluding tert-OH is 4. The molecule has 666 valence electrons. The molecule has 0 bridgehead atoms. The third-order valence-corrected chi connectivity index (χ3v) is 21.3. The van der Waals surface area contributed by atoms with Crippen LogP contribution in [0.15, 0.2) is 24.3 Å². The van der Waals surface area contributed by atoms with E-state index < -0.39 is 230 Å². The fourth-order valence-electron chi connectivity index (χ4n) is 14.8. The van der Waals surface area contributed by atoms with Gasteiger partial charge in [0.05, 0.1) is 44.9 Å². The Bertz CT molecular complexity index is 3710. The molecule has 18 atom stereocenters. The van der Waals surface area contributed by atoms with Crippen molar-refractivity contribution < 1.29 is 117 Å². The van der Waals surface area contributed by atoms with Crippen LogP contribution >= 0.6 is 0 Å². The zero-order chi connectivity index (χ0) is 89.0. The lowest BCUT2D eigenvalue weighted by Gasteiger charge is -2.32. The lowest BCUT2D eigenvalue weighted by Crippen LogP contribution is -2.89. The first-order valence-corrected chi connectivity index (χ1v) is 41.2. The molecule has 22 N–H and O–H groups in total. The van der Waals surface area contributed by atoms with Gasteiger partial charge in [-0.1, -0.05) is 87.8 Å². The van der Waals surface area contributed by atoms with Crippen molar-refractivity contribution in [2.24, 2.45) is 35.3 Å². The molecular formula is C79H128N17O23+. The van der Waals surface area contributed by atoms with Crippen LogP contribution in [0, 0.1) is 29.6 Å². The molecular weight excluding hydrogens is 1550 g/mol. The third kappa shape index (κ3) is 30.2. The van der Waals surface area contributed by atoms with Crippen molar-refractivity contribution in [2.75, 3.05) is 45.9 Å². The molecule has 0 radical (unpaired) electrons. The maximum Gasteiger partial charge on any atom is 0.326 e. The van der Waals surface area contributed by atoms with Gasteiger partial charge < -0.3 is 120 Å². The van der Waals surface area contributed by atoms with Crippen LogP contribution in [0.25, 0.3) is 0 Å². The zero-order valence-electron chi connectivity index (χ0n) is 70.2. The molecule has 0 aromatic heterocycles. The van der Waals surface area contributed by atoms with Crippen LogP contribution in [0.4, 0.5) is 0 Å². The summed E-state index contributed by atoms with van der Waals surface area (Å²) in [5, 5.41) is 94.9. The number of primary amides is 1. The quantitative estimate of drug-likeness (QED) is 0.0289. The highest BCUT2D eigenvalue weighted by Gasteiger charge is 2.46. The molecule has 4 aliphatic rings. The van der Waals surface area contributed by atoms with Crippen LogP contribution in [0.3, 0.4) is 0 Å². The second kappa shape index (κ2) is 47.6. The molecule has 40 nitrogen and oxygen atoms in total. The van der Waals surface area contributed by atoms with E-state index >= 15 is 0 Å². The Morgan fingerprint density at radius 2 is 0.824 bits per heavy atom. The molecule has 4 heterocycles. The van der Waals surface area contributed by atoms with Gasteiger partial charge in [-0.2, -0.15) is 0 Å². The number of phenols is 1. The summed E-state index contributed by atoms with van der Waals surface area (Å²) in [6.07, 6.45) is -1.44. The van der Waals surface area contributed by atoms with Crippen LogP contribution in [0.1, 0.15) is 179 Å². The van der Waals surface area contributed by atoms with Crippen LogP contribution in [-0.2, 0) is 87.9 Å². The second-order valence-electron chi connectivity index (χ2n) is 33.2. The average Bonchev–Trinajstić information content (AvgIpc) is 1.71. The standard InChI is InChI=1S/C79H127N17O23/c1-13-43(10)62(73(112)93-64(45(12)100)74(113)87-49(30-39(2)3)65(104)82-36-61(103)83-53(32-41(6)7)76(115)96-29-17-21-59(96)79(118)119)91-69(108)52(35-60(80)102)86-71(110)57-19-15-27-94(57)77(116)54(33-42(8)9)88-70(109)55(37-97)89-72(111)58-20-16-28-95(58)78(117)56(38-98)90-75(114)63(44(11)99)92-68(107)51(34-46-22-24-47(101)25-23-46)85-67(106)50(31-40(4)5)84-66(105)48-18-14-26-81-48/h22-25,39-45,48-59,62-64,81,97-101H,13-21,26-38H2,1-12H3,(H2,80,102)(H,82,104)(H,83,103)(H,84,105)(H,85,106)(H,86,110)(H,87,113)(H,88,109)(H,89,111)(H,90,114)(H,91,108)(H,92,107)(H,93,112)(H,118,119)/p+1/t43-,44+,45+,48-,49-,50-,51-,52-,53-,54-,55-,56-,57-,58-,59-,62-,63-,64-/m0/s1. The largest absolute Gasteiger partial charge is 0.508 e. The Hall–Kier alpha value is -10.2. The summed E-state index contributed by atoms with van der Waals surface area (Å²) in [5.74, 6) is -17.4. The summed E-state index contributed by atoms with van der Waals surface area (Å²) in [5.41, 5.74) is 6.06. The van der Waals surface area contributed by atoms with Crippen LogP contribution in [0.2, 0.25) is 0 Å². The summed E-state index contributed by atoms with van der Waals surface area (Å²) in [6.45, 7) is 17.7. The van der Waals surface area contributed by atoms with Gasteiger partial charge >= 0.3 is 5.97 Å². The van der Waals surface area contributed by atoms with Crippen molar-refractivity contribution in [2.45, 2.75) is 282 Å². The minimum absolute atomic E-state index is 0.00433. The van der Waals surface area contributed by atoms with Gasteiger partial charge in [0, 0.05) is 38.9 Å². The number of benzene rings is 1. The van der Waals surface area contributed by atoms with Crippen LogP contribution in [0.5, 0.6) is 5.75 Å². The Kier molecular flexibility index (Phi) is 39.7. The molecule has 1 aromatic carbocycles. The van der Waals surface area contributed by atoms with E-state index in [-0.39, 0.29) is 126 Å². The Morgan fingerprint density at radius 3 is 1.29 bits per heavy atom. The van der Waals surface area contributed by atoms with Gasteiger partial charge in [-0.05, 0) is 125 Å². The predicted octanol–water partition coefficient (Wildman–Crippen LogP) is -5.98. The number of aliphatic hydroxyl groups is 4. The highest BCUT2D eigenvalue weighted by Crippen LogP contribution is 2.25. The topological polar surface area (TPSA) is 608 Å². The van der Waals surface area contributed by atoms with E-state index in [0.717, 1.165) is 29.7 Å². The summed E-state index contributed by atoms with van der Waals surface area (Å²) >= 11 is 0. The predicted molar refractivity (Wildman–Crippen MR) is 426 cm³/mol. The number of nitrogens with one attached hydrogen (secondary N) is 12. The molecule has 4 aliphatic heterocycles. The number of hydrogen-bond donors (Lipinski definition) is 20. The highest BCUT2D eigenvalue weighted by molar-refractivity contribution is 6.02. The summed E-state index contributed by atoms with van der Waals surface area (Å²) in [4.78, 5) is 239. The van der Waals surface area contributed by atoms with Gasteiger partial charge in [0.1, 0.15) is 90.3 Å². The van der Waals surface area contributed by atoms with Gasteiger partial charge in [0.25, 0.3) is 5.91 Å². The number of carbonyl (C=O) groups excluding carboxylic acids is 16. The summed E-state index contributed by atoms with van der Waals surface area (Å²) in [6, 6.07) is -15.5. The van der Waals surface area contributed by atoms with Crippen LogP contribution < -0.4 is 74.9 Å². The summed E-state index contributed by atoms with van der Waals surface area (Å²) in [7, 11) is 0. The number of rotatable bonds is 46. The monoisotopic (exact) mass is 1680 g/mol. The normalized spacial score (nSPS) is 20.1. The number of carboxylic acids is 1. The maximum atomic E-state index is 14.7. The van der Waals surface area contributed by atoms with Gasteiger partial charge in [-0.3, -0.25) is 76.7 Å². The van der Waals surface area contributed by atoms with Crippen molar-refractivity contribution in [1.82, 2.24) is 78.5 Å². The number of phenolic OH excluding ortho intramolecular Hbond substituents is 1. The Morgan fingerprint density at radius 1 is 0.437 bits per heavy atom. The smallest absolute Gasteiger partial charge is 0.326 e. The molecule has 40 heteroatoms.